The average molecular weight is 285 g/mol. The molecule has 3 nitrogen and oxygen atoms in total. The van der Waals surface area contributed by atoms with E-state index in [-0.39, 0.29) is 11.3 Å². The normalized spacial score (nSPS) is 11.4. The van der Waals surface area contributed by atoms with Crippen LogP contribution in [0.4, 0.5) is 0 Å². The molecular weight excluding hydrogens is 262 g/mol. The van der Waals surface area contributed by atoms with E-state index in [1.165, 1.54) is 5.56 Å². The first-order chi connectivity index (χ1) is 9.92. The Hall–Kier alpha value is -2.00. The molecule has 0 radical (unpaired) electrons. The van der Waals surface area contributed by atoms with Gasteiger partial charge in [-0.2, -0.15) is 0 Å². The van der Waals surface area contributed by atoms with Crippen molar-refractivity contribution in [3.8, 4) is 11.5 Å². The number of phenolic OH excluding ortho intramolecular Hbond substituents is 1. The van der Waals surface area contributed by atoms with E-state index < -0.39 is 0 Å². The Morgan fingerprint density at radius 3 is 2.38 bits per heavy atom. The molecule has 0 fully saturated rings. The van der Waals surface area contributed by atoms with Gasteiger partial charge in [-0.3, -0.25) is 0 Å². The molecule has 3 heteroatoms. The maximum atomic E-state index is 9.26. The van der Waals surface area contributed by atoms with E-state index in [2.05, 4.69) is 38.2 Å². The SMILES string of the molecule is CC(C)(C)NCc1cccc(OCc2ccc(O)cc2)c1. The highest BCUT2D eigenvalue weighted by Gasteiger charge is 2.08. The molecule has 0 bridgehead atoms. The molecule has 0 saturated carbocycles. The maximum Gasteiger partial charge on any atom is 0.120 e. The number of nitrogens with one attached hydrogen (secondary N) is 1. The molecule has 0 amide bonds. The molecule has 2 N–H and O–H groups in total. The molecule has 2 aromatic carbocycles. The van der Waals surface area contributed by atoms with Crippen LogP contribution in [0.3, 0.4) is 0 Å². The predicted molar refractivity (Wildman–Crippen MR) is 85.5 cm³/mol. The topological polar surface area (TPSA) is 41.5 Å². The number of ether oxygens (including phenoxy) is 1. The van der Waals surface area contributed by atoms with Crippen LogP contribution < -0.4 is 10.1 Å². The van der Waals surface area contributed by atoms with Crippen LogP contribution in [0.25, 0.3) is 0 Å². The van der Waals surface area contributed by atoms with Crippen molar-refractivity contribution in [1.29, 1.82) is 0 Å². The van der Waals surface area contributed by atoms with E-state index >= 15 is 0 Å². The fourth-order valence-electron chi connectivity index (χ4n) is 1.87. The number of hydrogen-bond acceptors (Lipinski definition) is 3. The summed E-state index contributed by atoms with van der Waals surface area (Å²) in [6, 6.07) is 15.2. The highest BCUT2D eigenvalue weighted by Crippen LogP contribution is 2.17. The van der Waals surface area contributed by atoms with Crippen molar-refractivity contribution >= 4 is 0 Å². The minimum atomic E-state index is 0.100. The van der Waals surface area contributed by atoms with E-state index in [1.54, 1.807) is 12.1 Å². The van der Waals surface area contributed by atoms with E-state index in [0.717, 1.165) is 17.9 Å². The molecule has 0 unspecified atom stereocenters. The number of phenols is 1. The van der Waals surface area contributed by atoms with Crippen molar-refractivity contribution in [3.05, 3.63) is 59.7 Å². The summed E-state index contributed by atoms with van der Waals surface area (Å²) in [5.41, 5.74) is 2.34. The third-order valence-corrected chi connectivity index (χ3v) is 3.06. The summed E-state index contributed by atoms with van der Waals surface area (Å²) >= 11 is 0. The van der Waals surface area contributed by atoms with E-state index in [9.17, 15) is 5.11 Å². The lowest BCUT2D eigenvalue weighted by molar-refractivity contribution is 0.305. The molecule has 0 spiro atoms. The summed E-state index contributed by atoms with van der Waals surface area (Å²) < 4.78 is 5.80. The van der Waals surface area contributed by atoms with Gasteiger partial charge in [0.15, 0.2) is 0 Å². The predicted octanol–water partition coefficient (Wildman–Crippen LogP) is 3.86. The number of benzene rings is 2. The largest absolute Gasteiger partial charge is 0.508 e. The fourth-order valence-corrected chi connectivity index (χ4v) is 1.87. The van der Waals surface area contributed by atoms with Gasteiger partial charge in [0.05, 0.1) is 0 Å². The van der Waals surface area contributed by atoms with Crippen molar-refractivity contribution in [2.75, 3.05) is 0 Å². The summed E-state index contributed by atoms with van der Waals surface area (Å²) in [6.07, 6.45) is 0. The first-order valence-electron chi connectivity index (χ1n) is 7.17. The Kier molecular flexibility index (Phi) is 4.86. The van der Waals surface area contributed by atoms with Gasteiger partial charge >= 0.3 is 0 Å². The highest BCUT2D eigenvalue weighted by molar-refractivity contribution is 5.30. The Morgan fingerprint density at radius 1 is 1.00 bits per heavy atom. The molecule has 0 aliphatic rings. The number of aromatic hydroxyl groups is 1. The maximum absolute atomic E-state index is 9.26. The molecule has 0 aromatic heterocycles. The van der Waals surface area contributed by atoms with Crippen molar-refractivity contribution in [1.82, 2.24) is 5.32 Å². The zero-order valence-electron chi connectivity index (χ0n) is 12.9. The minimum Gasteiger partial charge on any atom is -0.508 e. The lowest BCUT2D eigenvalue weighted by atomic mass is 10.1. The number of rotatable bonds is 5. The highest BCUT2D eigenvalue weighted by atomic mass is 16.5. The van der Waals surface area contributed by atoms with Crippen LogP contribution in [-0.2, 0) is 13.2 Å². The standard InChI is InChI=1S/C18H23NO2/c1-18(2,3)19-12-15-5-4-6-17(11-15)21-13-14-7-9-16(20)10-8-14/h4-11,19-20H,12-13H2,1-3H3. The van der Waals surface area contributed by atoms with Crippen LogP contribution in [0.1, 0.15) is 31.9 Å². The Balaban J connectivity index is 1.93. The summed E-state index contributed by atoms with van der Waals surface area (Å²) in [7, 11) is 0. The van der Waals surface area contributed by atoms with Gasteiger partial charge in [0.25, 0.3) is 0 Å². The fraction of sp³-hybridized carbons (Fsp3) is 0.333. The molecule has 2 rings (SSSR count). The zero-order valence-corrected chi connectivity index (χ0v) is 12.9. The summed E-state index contributed by atoms with van der Waals surface area (Å²) in [6.45, 7) is 7.77. The van der Waals surface area contributed by atoms with E-state index in [0.29, 0.717) is 6.61 Å². The van der Waals surface area contributed by atoms with Crippen LogP contribution in [0.15, 0.2) is 48.5 Å². The van der Waals surface area contributed by atoms with Crippen LogP contribution in [0, 0.1) is 0 Å². The van der Waals surface area contributed by atoms with Gasteiger partial charge in [-0.25, -0.2) is 0 Å². The van der Waals surface area contributed by atoms with Gasteiger partial charge < -0.3 is 15.2 Å². The molecule has 0 saturated heterocycles. The smallest absolute Gasteiger partial charge is 0.120 e. The molecule has 0 heterocycles. The zero-order chi connectivity index (χ0) is 15.3. The molecule has 0 aliphatic heterocycles. The minimum absolute atomic E-state index is 0.100. The third-order valence-electron chi connectivity index (χ3n) is 3.06. The molecule has 0 atom stereocenters. The van der Waals surface area contributed by atoms with Gasteiger partial charge in [-0.15, -0.1) is 0 Å². The first-order valence-corrected chi connectivity index (χ1v) is 7.17. The van der Waals surface area contributed by atoms with Crippen molar-refractivity contribution in [2.45, 2.75) is 39.5 Å². The van der Waals surface area contributed by atoms with E-state index in [4.69, 9.17) is 4.74 Å². The van der Waals surface area contributed by atoms with Crippen LogP contribution in [0.5, 0.6) is 11.5 Å². The average Bonchev–Trinajstić information content (AvgIpc) is 2.44. The van der Waals surface area contributed by atoms with Gasteiger partial charge in [0, 0.05) is 12.1 Å². The van der Waals surface area contributed by atoms with Gasteiger partial charge in [0.2, 0.25) is 0 Å². The molecule has 0 aliphatic carbocycles. The van der Waals surface area contributed by atoms with Crippen LogP contribution in [-0.4, -0.2) is 10.6 Å². The molecule has 112 valence electrons. The van der Waals surface area contributed by atoms with Crippen molar-refractivity contribution in [3.63, 3.8) is 0 Å². The summed E-state index contributed by atoms with van der Waals surface area (Å²) in [4.78, 5) is 0. The quantitative estimate of drug-likeness (QED) is 0.876. The second-order valence-corrected chi connectivity index (χ2v) is 6.21. The van der Waals surface area contributed by atoms with Crippen molar-refractivity contribution < 1.29 is 9.84 Å². The number of hydrogen-bond donors (Lipinski definition) is 2. The summed E-state index contributed by atoms with van der Waals surface area (Å²) in [5, 5.41) is 12.7. The Morgan fingerprint density at radius 2 is 1.71 bits per heavy atom. The second-order valence-electron chi connectivity index (χ2n) is 6.21. The van der Waals surface area contributed by atoms with Crippen molar-refractivity contribution in [2.24, 2.45) is 0 Å². The van der Waals surface area contributed by atoms with E-state index in [1.807, 2.05) is 24.3 Å². The van der Waals surface area contributed by atoms with Gasteiger partial charge in [-0.05, 0) is 56.2 Å². The summed E-state index contributed by atoms with van der Waals surface area (Å²) in [5.74, 6) is 1.13. The van der Waals surface area contributed by atoms with Crippen LogP contribution >= 0.6 is 0 Å². The molecular formula is C18H23NO2. The van der Waals surface area contributed by atoms with Gasteiger partial charge in [-0.1, -0.05) is 24.3 Å². The Labute approximate surface area is 126 Å². The van der Waals surface area contributed by atoms with Gasteiger partial charge in [0.1, 0.15) is 18.1 Å². The molecule has 21 heavy (non-hydrogen) atoms. The Bertz CT molecular complexity index is 571. The lowest BCUT2D eigenvalue weighted by Gasteiger charge is -2.20. The second kappa shape index (κ2) is 6.64. The third kappa shape index (κ3) is 5.48. The monoisotopic (exact) mass is 285 g/mol. The first kappa shape index (κ1) is 15.4. The lowest BCUT2D eigenvalue weighted by Crippen LogP contribution is -2.35. The van der Waals surface area contributed by atoms with Crippen LogP contribution in [0.2, 0.25) is 0 Å². The molecule has 2 aromatic rings.